The highest BCUT2D eigenvalue weighted by atomic mass is 35.5. The van der Waals surface area contributed by atoms with Crippen LogP contribution in [-0.4, -0.2) is 25.9 Å². The minimum atomic E-state index is -3.96. The predicted molar refractivity (Wildman–Crippen MR) is 122 cm³/mol. The zero-order valence-corrected chi connectivity index (χ0v) is 19.3. The molecule has 0 atom stereocenters. The van der Waals surface area contributed by atoms with Gasteiger partial charge in [-0.25, -0.2) is 18.5 Å². The Morgan fingerprint density at radius 1 is 1.12 bits per heavy atom. The van der Waals surface area contributed by atoms with Gasteiger partial charge in [0.15, 0.2) is 23.1 Å². The fraction of sp³-hybridized carbons (Fsp3) is 0.0952. The van der Waals surface area contributed by atoms with Crippen molar-refractivity contribution in [1.29, 1.82) is 5.26 Å². The van der Waals surface area contributed by atoms with Gasteiger partial charge in [0.2, 0.25) is 0 Å². The van der Waals surface area contributed by atoms with Gasteiger partial charge < -0.3 is 14.8 Å². The standard InChI is InChI=1S/C21H16Cl2N4O5S/c1-12-17(3-5-21(26-12)33(25,29)30)27-20(28)11-31-19-9-14(22)2-4-18(19)32-16-7-13(10-24)6-15(23)8-16/h2-9H,11H2,1H3,(H,27,28)(H2,25,29,30). The molecule has 9 nitrogen and oxygen atoms in total. The van der Waals surface area contributed by atoms with Crippen LogP contribution >= 0.6 is 23.2 Å². The van der Waals surface area contributed by atoms with E-state index in [1.54, 1.807) is 12.1 Å². The summed E-state index contributed by atoms with van der Waals surface area (Å²) in [5.74, 6) is 0.181. The summed E-state index contributed by atoms with van der Waals surface area (Å²) in [6, 6.07) is 13.6. The van der Waals surface area contributed by atoms with Crippen molar-refractivity contribution in [2.45, 2.75) is 11.9 Å². The van der Waals surface area contributed by atoms with E-state index < -0.39 is 22.5 Å². The lowest BCUT2D eigenvalue weighted by Gasteiger charge is -2.14. The Labute approximate surface area is 199 Å². The van der Waals surface area contributed by atoms with Gasteiger partial charge in [-0.15, -0.1) is 0 Å². The highest BCUT2D eigenvalue weighted by Crippen LogP contribution is 2.35. The normalized spacial score (nSPS) is 10.9. The number of ether oxygens (including phenoxy) is 2. The number of halogens is 2. The molecule has 0 spiro atoms. The second kappa shape index (κ2) is 10.1. The van der Waals surface area contributed by atoms with E-state index in [1.165, 1.54) is 43.3 Å². The van der Waals surface area contributed by atoms with Crippen molar-refractivity contribution in [3.8, 4) is 23.3 Å². The van der Waals surface area contributed by atoms with E-state index in [0.717, 1.165) is 0 Å². The lowest BCUT2D eigenvalue weighted by Crippen LogP contribution is -2.21. The van der Waals surface area contributed by atoms with E-state index in [2.05, 4.69) is 10.3 Å². The Morgan fingerprint density at radius 2 is 1.88 bits per heavy atom. The van der Waals surface area contributed by atoms with Gasteiger partial charge in [-0.3, -0.25) is 4.79 Å². The second-order valence-corrected chi connectivity index (χ2v) is 9.03. The lowest BCUT2D eigenvalue weighted by molar-refractivity contribution is -0.118. The average molecular weight is 507 g/mol. The Balaban J connectivity index is 1.73. The van der Waals surface area contributed by atoms with Crippen LogP contribution < -0.4 is 19.9 Å². The minimum absolute atomic E-state index is 0.176. The quantitative estimate of drug-likeness (QED) is 0.491. The second-order valence-electron chi connectivity index (χ2n) is 6.64. The third-order valence-electron chi connectivity index (χ3n) is 4.12. The summed E-state index contributed by atoms with van der Waals surface area (Å²) in [6.07, 6.45) is 0. The molecular weight excluding hydrogens is 491 g/mol. The average Bonchev–Trinajstić information content (AvgIpc) is 2.74. The SMILES string of the molecule is Cc1nc(S(N)(=O)=O)ccc1NC(=O)COc1cc(Cl)ccc1Oc1cc(Cl)cc(C#N)c1. The molecule has 0 aliphatic carbocycles. The molecule has 0 bridgehead atoms. The zero-order valence-electron chi connectivity index (χ0n) is 17.0. The van der Waals surface area contributed by atoms with Crippen molar-refractivity contribution >= 4 is 44.8 Å². The fourth-order valence-electron chi connectivity index (χ4n) is 2.65. The first-order valence-electron chi connectivity index (χ1n) is 9.16. The van der Waals surface area contributed by atoms with Gasteiger partial charge in [-0.1, -0.05) is 23.2 Å². The Bertz CT molecular complexity index is 1370. The van der Waals surface area contributed by atoms with Gasteiger partial charge >= 0.3 is 0 Å². The topological polar surface area (TPSA) is 144 Å². The van der Waals surface area contributed by atoms with Gasteiger partial charge in [-0.2, -0.15) is 5.26 Å². The van der Waals surface area contributed by atoms with Crippen LogP contribution in [0.4, 0.5) is 5.69 Å². The number of carbonyl (C=O) groups is 1. The smallest absolute Gasteiger partial charge is 0.262 e. The van der Waals surface area contributed by atoms with Crippen molar-refractivity contribution < 1.29 is 22.7 Å². The molecule has 0 aliphatic heterocycles. The molecule has 170 valence electrons. The lowest BCUT2D eigenvalue weighted by atomic mass is 10.2. The molecule has 0 unspecified atom stereocenters. The monoisotopic (exact) mass is 506 g/mol. The number of rotatable bonds is 7. The van der Waals surface area contributed by atoms with E-state index in [1.807, 2.05) is 6.07 Å². The summed E-state index contributed by atoms with van der Waals surface area (Å²) < 4.78 is 34.1. The number of hydrogen-bond acceptors (Lipinski definition) is 7. The van der Waals surface area contributed by atoms with Gasteiger partial charge in [0.1, 0.15) is 5.75 Å². The highest BCUT2D eigenvalue weighted by molar-refractivity contribution is 7.89. The van der Waals surface area contributed by atoms with Crippen LogP contribution in [0.15, 0.2) is 53.6 Å². The number of aromatic nitrogens is 1. The third kappa shape index (κ3) is 6.57. The number of nitrogens with two attached hydrogens (primary N) is 1. The first-order valence-corrected chi connectivity index (χ1v) is 11.5. The predicted octanol–water partition coefficient (Wildman–Crippen LogP) is 4.03. The number of primary sulfonamides is 1. The van der Waals surface area contributed by atoms with Crippen LogP contribution in [0.1, 0.15) is 11.3 Å². The summed E-state index contributed by atoms with van der Waals surface area (Å²) in [4.78, 5) is 16.2. The minimum Gasteiger partial charge on any atom is -0.480 e. The van der Waals surface area contributed by atoms with Gasteiger partial charge in [0.05, 0.1) is 23.0 Å². The molecule has 0 radical (unpaired) electrons. The Hall–Kier alpha value is -3.36. The molecule has 0 saturated heterocycles. The number of aryl methyl sites for hydroxylation is 1. The first-order chi connectivity index (χ1) is 15.5. The molecule has 3 N–H and O–H groups in total. The highest BCUT2D eigenvalue weighted by Gasteiger charge is 2.15. The molecular formula is C21H16Cl2N4O5S. The number of carbonyl (C=O) groups excluding carboxylic acids is 1. The van der Waals surface area contributed by atoms with Crippen LogP contribution in [-0.2, 0) is 14.8 Å². The molecule has 1 amide bonds. The molecule has 3 aromatic rings. The number of nitriles is 1. The largest absolute Gasteiger partial charge is 0.480 e. The maximum Gasteiger partial charge on any atom is 0.262 e. The number of hydrogen-bond donors (Lipinski definition) is 2. The van der Waals surface area contributed by atoms with Crippen LogP contribution in [0, 0.1) is 18.3 Å². The van der Waals surface area contributed by atoms with Crippen LogP contribution in [0.3, 0.4) is 0 Å². The molecule has 2 aromatic carbocycles. The van der Waals surface area contributed by atoms with Gasteiger partial charge in [0, 0.05) is 16.1 Å². The van der Waals surface area contributed by atoms with E-state index in [-0.39, 0.29) is 22.2 Å². The molecule has 0 fully saturated rings. The van der Waals surface area contributed by atoms with E-state index >= 15 is 0 Å². The third-order valence-corrected chi connectivity index (χ3v) is 5.38. The van der Waals surface area contributed by atoms with E-state index in [4.69, 9.17) is 43.1 Å². The number of benzene rings is 2. The van der Waals surface area contributed by atoms with Crippen LogP contribution in [0.5, 0.6) is 17.2 Å². The van der Waals surface area contributed by atoms with Crippen molar-refractivity contribution in [1.82, 2.24) is 4.98 Å². The summed E-state index contributed by atoms with van der Waals surface area (Å²) >= 11 is 12.0. The van der Waals surface area contributed by atoms with Crippen molar-refractivity contribution in [3.63, 3.8) is 0 Å². The fourth-order valence-corrected chi connectivity index (χ4v) is 3.56. The number of anilines is 1. The summed E-state index contributed by atoms with van der Waals surface area (Å²) in [6.45, 7) is 1.11. The first kappa shape index (κ1) is 24.3. The maximum absolute atomic E-state index is 12.4. The van der Waals surface area contributed by atoms with Crippen molar-refractivity contribution in [2.24, 2.45) is 5.14 Å². The van der Waals surface area contributed by atoms with Crippen LogP contribution in [0.25, 0.3) is 0 Å². The number of nitrogens with one attached hydrogen (secondary N) is 1. The summed E-state index contributed by atoms with van der Waals surface area (Å²) in [7, 11) is -3.96. The molecule has 0 saturated carbocycles. The molecule has 33 heavy (non-hydrogen) atoms. The zero-order chi connectivity index (χ0) is 24.2. The van der Waals surface area contributed by atoms with E-state index in [0.29, 0.717) is 27.0 Å². The Kier molecular flexibility index (Phi) is 7.40. The number of sulfonamides is 1. The number of nitrogens with zero attached hydrogens (tertiary/aromatic N) is 2. The summed E-state index contributed by atoms with van der Waals surface area (Å²) in [5.41, 5.74) is 0.864. The van der Waals surface area contributed by atoms with Crippen molar-refractivity contribution in [3.05, 3.63) is 69.8 Å². The Morgan fingerprint density at radius 3 is 2.55 bits per heavy atom. The molecule has 1 aromatic heterocycles. The van der Waals surface area contributed by atoms with Gasteiger partial charge in [-0.05, 0) is 49.4 Å². The van der Waals surface area contributed by atoms with Crippen molar-refractivity contribution in [2.75, 3.05) is 11.9 Å². The summed E-state index contributed by atoms with van der Waals surface area (Å²) in [5, 5.41) is 17.1. The van der Waals surface area contributed by atoms with E-state index in [9.17, 15) is 13.2 Å². The molecule has 0 aliphatic rings. The maximum atomic E-state index is 12.4. The number of pyridine rings is 1. The molecule has 12 heteroatoms. The van der Waals surface area contributed by atoms with Crippen LogP contribution in [0.2, 0.25) is 10.0 Å². The molecule has 1 heterocycles. The number of amides is 1. The van der Waals surface area contributed by atoms with Gasteiger partial charge in [0.25, 0.3) is 15.9 Å². The molecule has 3 rings (SSSR count).